The van der Waals surface area contributed by atoms with E-state index in [9.17, 15) is 4.79 Å². The number of esters is 1. The Balaban J connectivity index is 0. The molecule has 2 nitrogen and oxygen atoms in total. The van der Waals surface area contributed by atoms with E-state index in [1.807, 2.05) is 0 Å². The summed E-state index contributed by atoms with van der Waals surface area (Å²) in [6, 6.07) is 0. The summed E-state index contributed by atoms with van der Waals surface area (Å²) in [5.74, 6) is -0.430. The third-order valence-corrected chi connectivity index (χ3v) is 0.818. The van der Waals surface area contributed by atoms with Crippen LogP contribution in [-0.4, -0.2) is 5.97 Å². The Morgan fingerprint density at radius 1 is 1.64 bits per heavy atom. The minimum atomic E-state index is -0.430. The second-order valence-electron chi connectivity index (χ2n) is 1.66. The predicted molar refractivity (Wildman–Crippen MR) is 40.0 cm³/mol. The van der Waals surface area contributed by atoms with E-state index in [0.29, 0.717) is 0 Å². The van der Waals surface area contributed by atoms with Gasteiger partial charge in [-0.3, -0.25) is 0 Å². The Bertz CT molecular complexity index is 141. The second kappa shape index (κ2) is 9.57. The molecule has 0 atom stereocenters. The summed E-state index contributed by atoms with van der Waals surface area (Å²) in [7, 11) is 0. The largest absolute Gasteiger partial charge is 0.432 e. The number of carbonyl (C=O) groups excluding carboxylic acids is 1. The van der Waals surface area contributed by atoms with Crippen LogP contribution in [0.5, 0.6) is 0 Å². The van der Waals surface area contributed by atoms with E-state index in [0.717, 1.165) is 18.9 Å². The van der Waals surface area contributed by atoms with Crippen molar-refractivity contribution < 1.29 is 29.0 Å². The van der Waals surface area contributed by atoms with E-state index in [2.05, 4.69) is 18.2 Å². The molecule has 0 N–H and O–H groups in total. The van der Waals surface area contributed by atoms with E-state index >= 15 is 0 Å². The fourth-order valence-electron chi connectivity index (χ4n) is 0.349. The van der Waals surface area contributed by atoms with Crippen molar-refractivity contribution in [1.82, 2.24) is 0 Å². The van der Waals surface area contributed by atoms with Crippen molar-refractivity contribution in [1.29, 1.82) is 0 Å². The van der Waals surface area contributed by atoms with E-state index in [4.69, 9.17) is 0 Å². The summed E-state index contributed by atoms with van der Waals surface area (Å²) in [4.78, 5) is 10.4. The molecule has 3 heteroatoms. The Kier molecular flexibility index (Phi) is 11.5. The van der Waals surface area contributed by atoms with Crippen LogP contribution < -0.4 is 0 Å². The zero-order chi connectivity index (χ0) is 7.82. The summed E-state index contributed by atoms with van der Waals surface area (Å²) in [6.07, 6.45) is 5.85. The van der Waals surface area contributed by atoms with E-state index in [1.54, 1.807) is 6.08 Å². The van der Waals surface area contributed by atoms with Gasteiger partial charge in [-0.25, -0.2) is 4.79 Å². The quantitative estimate of drug-likeness (QED) is 0.230. The first-order valence-electron chi connectivity index (χ1n) is 3.08. The molecule has 0 aliphatic heterocycles. The predicted octanol–water partition coefficient (Wildman–Crippen LogP) is 1.84. The maximum absolute atomic E-state index is 10.4. The summed E-state index contributed by atoms with van der Waals surface area (Å²) in [5.41, 5.74) is 0. The van der Waals surface area contributed by atoms with Gasteiger partial charge < -0.3 is 11.7 Å². The van der Waals surface area contributed by atoms with Crippen molar-refractivity contribution in [2.24, 2.45) is 0 Å². The smallest absolute Gasteiger partial charge is 0.334 e. The first-order chi connectivity index (χ1) is 4.81. The third-order valence-electron chi connectivity index (χ3n) is 0.818. The molecule has 0 spiro atoms. The standard InChI is InChI=1S/C8H11O2.Zn/c1-3-5-6-7-10-8(9)4-2;/h4,6-7H,1-3,5H2;/q-1;. The fraction of sp³-hybridized carbons (Fsp3) is 0.250. The molecule has 0 unspecified atom stereocenters. The number of rotatable bonds is 4. The second-order valence-corrected chi connectivity index (χ2v) is 1.66. The van der Waals surface area contributed by atoms with Gasteiger partial charge in [0.25, 0.3) is 0 Å². The fourth-order valence-corrected chi connectivity index (χ4v) is 0.349. The first kappa shape index (κ1) is 13.2. The van der Waals surface area contributed by atoms with Crippen molar-refractivity contribution in [2.45, 2.75) is 12.8 Å². The van der Waals surface area contributed by atoms with Gasteiger partial charge in [0.05, 0.1) is 6.26 Å². The molecular formula is C8H11O2Zn-. The molecule has 0 saturated carbocycles. The third kappa shape index (κ3) is 9.57. The van der Waals surface area contributed by atoms with Crippen LogP contribution in [-0.2, 0) is 29.0 Å². The van der Waals surface area contributed by atoms with Gasteiger partial charge in [-0.15, -0.1) is 0 Å². The van der Waals surface area contributed by atoms with Crippen LogP contribution in [0.1, 0.15) is 12.8 Å². The van der Waals surface area contributed by atoms with Gasteiger partial charge in [-0.1, -0.05) is 19.1 Å². The van der Waals surface area contributed by atoms with Gasteiger partial charge in [-0.05, 0) is 0 Å². The van der Waals surface area contributed by atoms with Crippen LogP contribution in [0, 0.1) is 6.92 Å². The number of hydrogen-bond donors (Lipinski definition) is 0. The topological polar surface area (TPSA) is 26.3 Å². The molecule has 0 aromatic carbocycles. The normalized spacial score (nSPS) is 8.82. The van der Waals surface area contributed by atoms with Crippen LogP contribution in [0.25, 0.3) is 0 Å². The molecule has 0 aliphatic carbocycles. The SMILES string of the molecule is C=CC(=O)OC=CCC[CH2-].[Zn]. The zero-order valence-electron chi connectivity index (χ0n) is 6.58. The van der Waals surface area contributed by atoms with Gasteiger partial charge >= 0.3 is 5.97 Å². The van der Waals surface area contributed by atoms with E-state index < -0.39 is 5.97 Å². The van der Waals surface area contributed by atoms with Crippen LogP contribution >= 0.6 is 0 Å². The average molecular weight is 205 g/mol. The molecule has 0 rings (SSSR count). The molecule has 0 bridgehead atoms. The van der Waals surface area contributed by atoms with E-state index in [-0.39, 0.29) is 19.5 Å². The Morgan fingerprint density at radius 3 is 2.73 bits per heavy atom. The number of allylic oxidation sites excluding steroid dienone is 1. The molecule has 0 amide bonds. The van der Waals surface area contributed by atoms with Crippen LogP contribution in [0.4, 0.5) is 0 Å². The molecule has 0 fully saturated rings. The Labute approximate surface area is 80.1 Å². The Hall–Kier alpha value is -0.427. The maximum Gasteiger partial charge on any atom is 0.334 e. The molecule has 0 saturated heterocycles. The number of unbranched alkanes of at least 4 members (excludes halogenated alkanes) is 1. The van der Waals surface area contributed by atoms with Gasteiger partial charge in [0.15, 0.2) is 0 Å². The van der Waals surface area contributed by atoms with E-state index in [1.165, 1.54) is 6.26 Å². The van der Waals surface area contributed by atoms with Gasteiger partial charge in [0.1, 0.15) is 0 Å². The summed E-state index contributed by atoms with van der Waals surface area (Å²) < 4.78 is 4.53. The monoisotopic (exact) mass is 203 g/mol. The zero-order valence-corrected chi connectivity index (χ0v) is 9.55. The molecule has 11 heavy (non-hydrogen) atoms. The molecule has 58 valence electrons. The minimum Gasteiger partial charge on any atom is -0.432 e. The van der Waals surface area contributed by atoms with Crippen LogP contribution in [0.3, 0.4) is 0 Å². The van der Waals surface area contributed by atoms with Gasteiger partial charge in [-0.2, -0.15) is 6.42 Å². The summed E-state index contributed by atoms with van der Waals surface area (Å²) in [5, 5.41) is 0. The Morgan fingerprint density at radius 2 is 2.27 bits per heavy atom. The van der Waals surface area contributed by atoms with Gasteiger partial charge in [0, 0.05) is 25.6 Å². The van der Waals surface area contributed by atoms with Crippen molar-refractivity contribution in [3.8, 4) is 0 Å². The molecule has 0 aromatic rings. The minimum absolute atomic E-state index is 0. The molecule has 0 aromatic heterocycles. The van der Waals surface area contributed by atoms with Crippen molar-refractivity contribution in [3.05, 3.63) is 31.9 Å². The summed E-state index contributed by atoms with van der Waals surface area (Å²) in [6.45, 7) is 6.85. The van der Waals surface area contributed by atoms with Crippen molar-refractivity contribution in [2.75, 3.05) is 0 Å². The number of hydrogen-bond acceptors (Lipinski definition) is 2. The van der Waals surface area contributed by atoms with Gasteiger partial charge in [0.2, 0.25) is 0 Å². The van der Waals surface area contributed by atoms with Crippen LogP contribution in [0.15, 0.2) is 25.0 Å². The molecule has 0 radical (unpaired) electrons. The van der Waals surface area contributed by atoms with Crippen molar-refractivity contribution in [3.63, 3.8) is 0 Å². The molecule has 0 aliphatic rings. The first-order valence-corrected chi connectivity index (χ1v) is 3.08. The maximum atomic E-state index is 10.4. The number of ether oxygens (including phenoxy) is 1. The molecular weight excluding hydrogens is 193 g/mol. The summed E-state index contributed by atoms with van der Waals surface area (Å²) >= 11 is 0. The van der Waals surface area contributed by atoms with Crippen molar-refractivity contribution >= 4 is 5.97 Å². The molecule has 0 heterocycles. The van der Waals surface area contributed by atoms with Crippen LogP contribution in [0.2, 0.25) is 0 Å². The number of carbonyl (C=O) groups is 1. The average Bonchev–Trinajstić information content (AvgIpc) is 1.98.